The van der Waals surface area contributed by atoms with Crippen molar-refractivity contribution in [2.24, 2.45) is 0 Å². The first-order valence-corrected chi connectivity index (χ1v) is 5.99. The van der Waals surface area contributed by atoms with Gasteiger partial charge in [-0.25, -0.2) is 0 Å². The van der Waals surface area contributed by atoms with E-state index >= 15 is 0 Å². The van der Waals surface area contributed by atoms with Crippen LogP contribution in [0.15, 0.2) is 54.6 Å². The van der Waals surface area contributed by atoms with Crippen molar-refractivity contribution in [2.75, 3.05) is 0 Å². The second-order valence-electron chi connectivity index (χ2n) is 3.62. The summed E-state index contributed by atoms with van der Waals surface area (Å²) in [4.78, 5) is 12.1. The lowest BCUT2D eigenvalue weighted by Crippen LogP contribution is -2.07. The van der Waals surface area contributed by atoms with Gasteiger partial charge in [0.2, 0.25) is 0 Å². The molecule has 3 heteroatoms. The topological polar surface area (TPSA) is 17.1 Å². The Balaban J connectivity index is 2.30. The number of halogens is 2. The highest BCUT2D eigenvalue weighted by atomic mass is 35.5. The molecule has 1 unspecified atom stereocenters. The van der Waals surface area contributed by atoms with E-state index in [1.165, 1.54) is 0 Å². The van der Waals surface area contributed by atoms with Gasteiger partial charge in [-0.05, 0) is 17.7 Å². The van der Waals surface area contributed by atoms with Crippen molar-refractivity contribution in [2.45, 2.75) is 5.38 Å². The first-order chi connectivity index (χ1) is 8.20. The van der Waals surface area contributed by atoms with Crippen LogP contribution in [0.3, 0.4) is 0 Å². The number of carbonyl (C=O) groups is 1. The maximum atomic E-state index is 12.1. The average Bonchev–Trinajstić information content (AvgIpc) is 2.39. The molecule has 2 aromatic carbocycles. The molecule has 0 fully saturated rings. The Morgan fingerprint density at radius 1 is 0.941 bits per heavy atom. The first-order valence-electron chi connectivity index (χ1n) is 5.18. The summed E-state index contributed by atoms with van der Waals surface area (Å²) >= 11 is 12.1. The predicted molar refractivity (Wildman–Crippen MR) is 70.8 cm³/mol. The maximum absolute atomic E-state index is 12.1. The minimum absolute atomic E-state index is 0.177. The van der Waals surface area contributed by atoms with E-state index in [0.29, 0.717) is 10.6 Å². The summed E-state index contributed by atoms with van der Waals surface area (Å²) in [6.07, 6.45) is 0. The number of hydrogen-bond acceptors (Lipinski definition) is 1. The van der Waals surface area contributed by atoms with E-state index in [2.05, 4.69) is 0 Å². The molecule has 2 rings (SSSR count). The zero-order chi connectivity index (χ0) is 12.3. The lowest BCUT2D eigenvalue weighted by Gasteiger charge is -2.09. The third-order valence-corrected chi connectivity index (χ3v) is 3.24. The van der Waals surface area contributed by atoms with Crippen LogP contribution >= 0.6 is 23.2 Å². The number of ketones is 1. The molecule has 0 spiro atoms. The van der Waals surface area contributed by atoms with Gasteiger partial charge in [-0.2, -0.15) is 0 Å². The van der Waals surface area contributed by atoms with Crippen molar-refractivity contribution in [1.29, 1.82) is 0 Å². The second-order valence-corrected chi connectivity index (χ2v) is 4.46. The van der Waals surface area contributed by atoms with E-state index in [0.717, 1.165) is 5.56 Å². The van der Waals surface area contributed by atoms with Gasteiger partial charge >= 0.3 is 0 Å². The third-order valence-electron chi connectivity index (χ3n) is 2.46. The Hall–Kier alpha value is -1.31. The zero-order valence-corrected chi connectivity index (χ0v) is 10.4. The molecule has 0 saturated carbocycles. The van der Waals surface area contributed by atoms with Gasteiger partial charge in [0.1, 0.15) is 5.38 Å². The molecule has 0 bridgehead atoms. The summed E-state index contributed by atoms with van der Waals surface area (Å²) in [5.41, 5.74) is 1.23. The Morgan fingerprint density at radius 3 is 2.18 bits per heavy atom. The molecule has 0 aliphatic rings. The van der Waals surface area contributed by atoms with Crippen LogP contribution in [0.4, 0.5) is 0 Å². The van der Waals surface area contributed by atoms with Gasteiger partial charge in [-0.3, -0.25) is 4.79 Å². The molecule has 2 aromatic rings. The second kappa shape index (κ2) is 5.35. The van der Waals surface area contributed by atoms with Gasteiger partial charge < -0.3 is 0 Å². The van der Waals surface area contributed by atoms with Crippen LogP contribution in [0.25, 0.3) is 0 Å². The SMILES string of the molecule is O=C(c1ccccc1Cl)C(Cl)c1ccccc1. The van der Waals surface area contributed by atoms with E-state index in [-0.39, 0.29) is 5.78 Å². The highest BCUT2D eigenvalue weighted by molar-refractivity contribution is 6.38. The Bertz CT molecular complexity index is 523. The summed E-state index contributed by atoms with van der Waals surface area (Å²) in [6, 6.07) is 16.2. The number of rotatable bonds is 3. The number of carbonyl (C=O) groups excluding carboxylic acids is 1. The van der Waals surface area contributed by atoms with Crippen molar-refractivity contribution in [3.05, 3.63) is 70.7 Å². The minimum atomic E-state index is -0.698. The van der Waals surface area contributed by atoms with Gasteiger partial charge in [0.15, 0.2) is 5.78 Å². The van der Waals surface area contributed by atoms with E-state index < -0.39 is 5.38 Å². The van der Waals surface area contributed by atoms with Gasteiger partial charge in [-0.15, -0.1) is 11.6 Å². The Morgan fingerprint density at radius 2 is 1.53 bits per heavy atom. The van der Waals surface area contributed by atoms with Crippen molar-refractivity contribution in [3.8, 4) is 0 Å². The standard InChI is InChI=1S/C14H10Cl2O/c15-12-9-5-4-8-11(12)14(17)13(16)10-6-2-1-3-7-10/h1-9,13H. The summed E-state index contributed by atoms with van der Waals surface area (Å²) < 4.78 is 0. The van der Waals surface area contributed by atoms with Gasteiger partial charge in [0, 0.05) is 5.56 Å². The molecule has 0 N–H and O–H groups in total. The lowest BCUT2D eigenvalue weighted by molar-refractivity contribution is 0.0987. The first kappa shape index (κ1) is 12.2. The molecule has 17 heavy (non-hydrogen) atoms. The highest BCUT2D eigenvalue weighted by Gasteiger charge is 2.20. The van der Waals surface area contributed by atoms with Crippen LogP contribution in [0.5, 0.6) is 0 Å². The van der Waals surface area contributed by atoms with Crippen molar-refractivity contribution in [3.63, 3.8) is 0 Å². The highest BCUT2D eigenvalue weighted by Crippen LogP contribution is 2.27. The van der Waals surface area contributed by atoms with Crippen LogP contribution in [-0.2, 0) is 0 Å². The zero-order valence-electron chi connectivity index (χ0n) is 8.94. The van der Waals surface area contributed by atoms with E-state index in [1.807, 2.05) is 30.3 Å². The summed E-state index contributed by atoms with van der Waals surface area (Å²) in [5.74, 6) is -0.177. The van der Waals surface area contributed by atoms with E-state index in [4.69, 9.17) is 23.2 Å². The van der Waals surface area contributed by atoms with Crippen molar-refractivity contribution in [1.82, 2.24) is 0 Å². The lowest BCUT2D eigenvalue weighted by atomic mass is 10.0. The number of alkyl halides is 1. The molecule has 0 amide bonds. The van der Waals surface area contributed by atoms with Crippen LogP contribution < -0.4 is 0 Å². The largest absolute Gasteiger partial charge is 0.292 e. The maximum Gasteiger partial charge on any atom is 0.186 e. The quantitative estimate of drug-likeness (QED) is 0.589. The van der Waals surface area contributed by atoms with Crippen molar-refractivity contribution >= 4 is 29.0 Å². The predicted octanol–water partition coefficient (Wildman–Crippen LogP) is 4.50. The fourth-order valence-electron chi connectivity index (χ4n) is 1.57. The molecular formula is C14H10Cl2O. The van der Waals surface area contributed by atoms with Crippen molar-refractivity contribution < 1.29 is 4.79 Å². The van der Waals surface area contributed by atoms with Gasteiger partial charge in [-0.1, -0.05) is 54.1 Å². The normalized spacial score (nSPS) is 12.1. The van der Waals surface area contributed by atoms with E-state index in [1.54, 1.807) is 24.3 Å². The molecule has 1 nitrogen and oxygen atoms in total. The number of benzene rings is 2. The smallest absolute Gasteiger partial charge is 0.186 e. The fraction of sp³-hybridized carbons (Fsp3) is 0.0714. The van der Waals surface area contributed by atoms with Crippen LogP contribution in [0.1, 0.15) is 21.3 Å². The Labute approximate surface area is 110 Å². The molecular weight excluding hydrogens is 255 g/mol. The minimum Gasteiger partial charge on any atom is -0.292 e. The number of hydrogen-bond donors (Lipinski definition) is 0. The number of Topliss-reactive ketones (excluding diaryl/α,β-unsaturated/α-hetero) is 1. The van der Waals surface area contributed by atoms with E-state index in [9.17, 15) is 4.79 Å². The molecule has 0 aromatic heterocycles. The van der Waals surface area contributed by atoms with Gasteiger partial charge in [0.25, 0.3) is 0 Å². The molecule has 86 valence electrons. The molecule has 0 saturated heterocycles. The third kappa shape index (κ3) is 2.68. The Kier molecular flexibility index (Phi) is 3.82. The molecule has 0 radical (unpaired) electrons. The fourth-order valence-corrected chi connectivity index (χ4v) is 2.06. The molecule has 1 atom stereocenters. The summed E-state index contributed by atoms with van der Waals surface area (Å²) in [7, 11) is 0. The monoisotopic (exact) mass is 264 g/mol. The van der Waals surface area contributed by atoms with Crippen LogP contribution in [-0.4, -0.2) is 5.78 Å². The van der Waals surface area contributed by atoms with Crippen LogP contribution in [0, 0.1) is 0 Å². The van der Waals surface area contributed by atoms with Crippen LogP contribution in [0.2, 0.25) is 5.02 Å². The summed E-state index contributed by atoms with van der Waals surface area (Å²) in [5, 5.41) is -0.268. The molecule has 0 aliphatic heterocycles. The molecule has 0 aliphatic carbocycles. The molecule has 0 heterocycles. The summed E-state index contributed by atoms with van der Waals surface area (Å²) in [6.45, 7) is 0. The van der Waals surface area contributed by atoms with Gasteiger partial charge in [0.05, 0.1) is 5.02 Å². The average molecular weight is 265 g/mol.